The standard InChI is InChI=1S/C11H15F2N3O/c1-3-16(2)10(17)6-15-11-8(12)4-7(14)5-9(11)13/h4-5,15H,3,6,14H2,1-2H3. The zero-order valence-electron chi connectivity index (χ0n) is 9.76. The largest absolute Gasteiger partial charge is 0.399 e. The van der Waals surface area contributed by atoms with E-state index in [9.17, 15) is 13.6 Å². The molecule has 1 aromatic rings. The number of hydrogen-bond acceptors (Lipinski definition) is 3. The average Bonchev–Trinajstić information content (AvgIpc) is 2.26. The minimum atomic E-state index is -0.811. The first-order chi connectivity index (χ1) is 7.95. The van der Waals surface area contributed by atoms with Gasteiger partial charge in [0.15, 0.2) is 11.6 Å². The number of anilines is 2. The summed E-state index contributed by atoms with van der Waals surface area (Å²) in [6.45, 7) is 2.18. The number of carbonyl (C=O) groups is 1. The Labute approximate surface area is 98.4 Å². The molecule has 0 spiro atoms. The Balaban J connectivity index is 2.73. The van der Waals surface area contributed by atoms with Crippen LogP contribution in [0.25, 0.3) is 0 Å². The molecule has 0 aliphatic carbocycles. The second-order valence-corrected chi connectivity index (χ2v) is 3.62. The van der Waals surface area contributed by atoms with Crippen LogP contribution in [0.15, 0.2) is 12.1 Å². The minimum Gasteiger partial charge on any atom is -0.399 e. The lowest BCUT2D eigenvalue weighted by molar-refractivity contribution is -0.127. The molecule has 0 aromatic heterocycles. The molecule has 0 aliphatic heterocycles. The van der Waals surface area contributed by atoms with Crippen LogP contribution in [0.5, 0.6) is 0 Å². The van der Waals surface area contributed by atoms with Crippen LogP contribution in [0, 0.1) is 11.6 Å². The zero-order chi connectivity index (χ0) is 13.0. The Kier molecular flexibility index (Phi) is 4.25. The van der Waals surface area contributed by atoms with Gasteiger partial charge in [-0.1, -0.05) is 0 Å². The molecule has 1 aromatic carbocycles. The third-order valence-electron chi connectivity index (χ3n) is 2.38. The molecular formula is C11H15F2N3O. The van der Waals surface area contributed by atoms with E-state index < -0.39 is 11.6 Å². The number of benzene rings is 1. The molecule has 0 unspecified atom stereocenters. The predicted octanol–water partition coefficient (Wildman–Crippen LogP) is 1.44. The van der Waals surface area contributed by atoms with Crippen molar-refractivity contribution in [2.75, 3.05) is 31.2 Å². The van der Waals surface area contributed by atoms with Crippen LogP contribution >= 0.6 is 0 Å². The summed E-state index contributed by atoms with van der Waals surface area (Å²) in [7, 11) is 1.61. The number of likely N-dealkylation sites (N-methyl/N-ethyl adjacent to an activating group) is 1. The molecule has 1 amide bonds. The lowest BCUT2D eigenvalue weighted by Crippen LogP contribution is -2.32. The maximum atomic E-state index is 13.3. The average molecular weight is 243 g/mol. The summed E-state index contributed by atoms with van der Waals surface area (Å²) < 4.78 is 26.7. The lowest BCUT2D eigenvalue weighted by Gasteiger charge is -2.15. The van der Waals surface area contributed by atoms with Crippen molar-refractivity contribution in [1.82, 2.24) is 4.90 Å². The Hall–Kier alpha value is -1.85. The SMILES string of the molecule is CCN(C)C(=O)CNc1c(F)cc(N)cc1F. The van der Waals surface area contributed by atoms with Crippen LogP contribution in [-0.4, -0.2) is 30.9 Å². The fraction of sp³-hybridized carbons (Fsp3) is 0.364. The first-order valence-electron chi connectivity index (χ1n) is 5.18. The van der Waals surface area contributed by atoms with Crippen LogP contribution in [0.1, 0.15) is 6.92 Å². The van der Waals surface area contributed by atoms with Gasteiger partial charge < -0.3 is 16.0 Å². The predicted molar refractivity (Wildman–Crippen MR) is 62.6 cm³/mol. The molecule has 0 saturated carbocycles. The van der Waals surface area contributed by atoms with Crippen LogP contribution in [0.3, 0.4) is 0 Å². The Bertz CT molecular complexity index is 400. The third-order valence-corrected chi connectivity index (χ3v) is 2.38. The van der Waals surface area contributed by atoms with E-state index in [1.54, 1.807) is 7.05 Å². The summed E-state index contributed by atoms with van der Waals surface area (Å²) in [4.78, 5) is 12.9. The van der Waals surface area contributed by atoms with E-state index in [1.165, 1.54) is 4.90 Å². The number of nitrogens with one attached hydrogen (secondary N) is 1. The van der Waals surface area contributed by atoms with Crippen molar-refractivity contribution >= 4 is 17.3 Å². The molecule has 0 saturated heterocycles. The van der Waals surface area contributed by atoms with Crippen LogP contribution < -0.4 is 11.1 Å². The maximum Gasteiger partial charge on any atom is 0.241 e. The number of nitrogens with two attached hydrogens (primary N) is 1. The van der Waals surface area contributed by atoms with Gasteiger partial charge >= 0.3 is 0 Å². The minimum absolute atomic E-state index is 0.00236. The third kappa shape index (κ3) is 3.30. The van der Waals surface area contributed by atoms with Gasteiger partial charge in [-0.2, -0.15) is 0 Å². The van der Waals surface area contributed by atoms with Gasteiger partial charge in [0.1, 0.15) is 5.69 Å². The van der Waals surface area contributed by atoms with Crippen molar-refractivity contribution in [1.29, 1.82) is 0 Å². The highest BCUT2D eigenvalue weighted by Crippen LogP contribution is 2.21. The smallest absolute Gasteiger partial charge is 0.241 e. The molecule has 0 atom stereocenters. The summed E-state index contributed by atoms with van der Waals surface area (Å²) >= 11 is 0. The van der Waals surface area contributed by atoms with Crippen molar-refractivity contribution in [2.45, 2.75) is 6.92 Å². The molecule has 0 aliphatic rings. The van der Waals surface area contributed by atoms with E-state index in [0.717, 1.165) is 12.1 Å². The van der Waals surface area contributed by atoms with E-state index in [2.05, 4.69) is 5.32 Å². The first kappa shape index (κ1) is 13.2. The highest BCUT2D eigenvalue weighted by atomic mass is 19.1. The van der Waals surface area contributed by atoms with Crippen LogP contribution in [0.2, 0.25) is 0 Å². The van der Waals surface area contributed by atoms with Crippen molar-refractivity contribution in [3.8, 4) is 0 Å². The Morgan fingerprint density at radius 3 is 2.41 bits per heavy atom. The summed E-state index contributed by atoms with van der Waals surface area (Å²) in [5, 5.41) is 2.43. The quantitative estimate of drug-likeness (QED) is 0.787. The first-order valence-corrected chi connectivity index (χ1v) is 5.18. The number of hydrogen-bond donors (Lipinski definition) is 2. The molecule has 0 heterocycles. The topological polar surface area (TPSA) is 58.4 Å². The summed E-state index contributed by atoms with van der Waals surface area (Å²) in [5.74, 6) is -1.87. The second kappa shape index (κ2) is 5.47. The van der Waals surface area contributed by atoms with Crippen molar-refractivity contribution < 1.29 is 13.6 Å². The number of amides is 1. The molecule has 0 radical (unpaired) electrons. The van der Waals surface area contributed by atoms with E-state index in [4.69, 9.17) is 5.73 Å². The van der Waals surface area contributed by atoms with E-state index in [-0.39, 0.29) is 23.8 Å². The molecule has 17 heavy (non-hydrogen) atoms. The number of halogens is 2. The van der Waals surface area contributed by atoms with Gasteiger partial charge in [-0.25, -0.2) is 8.78 Å². The van der Waals surface area contributed by atoms with E-state index in [1.807, 2.05) is 6.92 Å². The van der Waals surface area contributed by atoms with Gasteiger partial charge in [-0.15, -0.1) is 0 Å². The number of nitrogen functional groups attached to an aromatic ring is 1. The lowest BCUT2D eigenvalue weighted by atomic mass is 10.2. The van der Waals surface area contributed by atoms with Gasteiger partial charge in [0.25, 0.3) is 0 Å². The van der Waals surface area contributed by atoms with E-state index in [0.29, 0.717) is 6.54 Å². The van der Waals surface area contributed by atoms with E-state index >= 15 is 0 Å². The van der Waals surface area contributed by atoms with Crippen molar-refractivity contribution in [3.05, 3.63) is 23.8 Å². The molecule has 3 N–H and O–H groups in total. The summed E-state index contributed by atoms with van der Waals surface area (Å²) in [6.07, 6.45) is 0. The molecular weight excluding hydrogens is 228 g/mol. The number of rotatable bonds is 4. The van der Waals surface area contributed by atoms with Gasteiger partial charge in [0, 0.05) is 19.3 Å². The fourth-order valence-corrected chi connectivity index (χ4v) is 1.24. The Morgan fingerprint density at radius 2 is 1.94 bits per heavy atom. The Morgan fingerprint density at radius 1 is 1.41 bits per heavy atom. The zero-order valence-corrected chi connectivity index (χ0v) is 9.76. The van der Waals surface area contributed by atoms with Crippen molar-refractivity contribution in [2.24, 2.45) is 0 Å². The molecule has 4 nitrogen and oxygen atoms in total. The van der Waals surface area contributed by atoms with Crippen LogP contribution in [-0.2, 0) is 4.79 Å². The fourth-order valence-electron chi connectivity index (χ4n) is 1.24. The molecule has 6 heteroatoms. The molecule has 0 fully saturated rings. The molecule has 0 bridgehead atoms. The van der Waals surface area contributed by atoms with Gasteiger partial charge in [0.05, 0.1) is 6.54 Å². The normalized spacial score (nSPS) is 10.1. The summed E-state index contributed by atoms with van der Waals surface area (Å²) in [6, 6.07) is 2.00. The summed E-state index contributed by atoms with van der Waals surface area (Å²) in [5.41, 5.74) is 4.94. The highest BCUT2D eigenvalue weighted by molar-refractivity contribution is 5.80. The van der Waals surface area contributed by atoms with Gasteiger partial charge in [-0.05, 0) is 19.1 Å². The number of nitrogens with zero attached hydrogens (tertiary/aromatic N) is 1. The van der Waals surface area contributed by atoms with Crippen molar-refractivity contribution in [3.63, 3.8) is 0 Å². The highest BCUT2D eigenvalue weighted by Gasteiger charge is 2.12. The van der Waals surface area contributed by atoms with Gasteiger partial charge in [0.2, 0.25) is 5.91 Å². The monoisotopic (exact) mass is 243 g/mol. The van der Waals surface area contributed by atoms with Gasteiger partial charge in [-0.3, -0.25) is 4.79 Å². The molecule has 1 rings (SSSR count). The van der Waals surface area contributed by atoms with Crippen LogP contribution in [0.4, 0.5) is 20.2 Å². The maximum absolute atomic E-state index is 13.3. The second-order valence-electron chi connectivity index (χ2n) is 3.62. The number of carbonyl (C=O) groups excluding carboxylic acids is 1. The molecule has 94 valence electrons.